The van der Waals surface area contributed by atoms with Gasteiger partial charge >= 0.3 is 0 Å². The average Bonchev–Trinajstić information content (AvgIpc) is 2.28. The Kier molecular flexibility index (Phi) is 2.10. The van der Waals surface area contributed by atoms with Crippen molar-refractivity contribution in [3.63, 3.8) is 0 Å². The van der Waals surface area contributed by atoms with Gasteiger partial charge in [-0.1, -0.05) is 6.92 Å². The van der Waals surface area contributed by atoms with Gasteiger partial charge in [0.2, 0.25) is 0 Å². The highest BCUT2D eigenvalue weighted by Gasteiger charge is 2.43. The molecule has 1 saturated heterocycles. The zero-order chi connectivity index (χ0) is 8.72. The summed E-state index contributed by atoms with van der Waals surface area (Å²) in [5, 5.41) is 18.8. The van der Waals surface area contributed by atoms with Gasteiger partial charge in [-0.25, -0.2) is 0 Å². The molecule has 0 radical (unpaired) electrons. The largest absolute Gasteiger partial charge is 0.393 e. The topological polar surface area (TPSA) is 49.7 Å². The molecule has 12 heavy (non-hydrogen) atoms. The van der Waals surface area contributed by atoms with Gasteiger partial charge in [0.25, 0.3) is 0 Å². The predicted molar refractivity (Wildman–Crippen MR) is 43.4 cm³/mol. The lowest BCUT2D eigenvalue weighted by Crippen LogP contribution is -2.33. The number of fused-ring (bicyclic) bond motifs is 1. The molecule has 5 atom stereocenters. The second kappa shape index (κ2) is 2.98. The molecule has 0 aromatic rings. The zero-order valence-corrected chi connectivity index (χ0v) is 7.31. The fraction of sp³-hybridized carbons (Fsp3) is 1.00. The van der Waals surface area contributed by atoms with Gasteiger partial charge in [-0.15, -0.1) is 0 Å². The molecule has 1 saturated carbocycles. The molecule has 0 aromatic heterocycles. The maximum atomic E-state index is 9.55. The molecule has 2 fully saturated rings. The minimum Gasteiger partial charge on any atom is -0.393 e. The quantitative estimate of drug-likeness (QED) is 0.559. The molecule has 0 spiro atoms. The molecule has 0 amide bonds. The van der Waals surface area contributed by atoms with E-state index in [-0.39, 0.29) is 12.2 Å². The summed E-state index contributed by atoms with van der Waals surface area (Å²) in [6.07, 6.45) is 1.68. The summed E-state index contributed by atoms with van der Waals surface area (Å²) in [5.41, 5.74) is 0. The second-order valence-corrected chi connectivity index (χ2v) is 4.03. The summed E-state index contributed by atoms with van der Waals surface area (Å²) in [6, 6.07) is 0. The van der Waals surface area contributed by atoms with E-state index in [0.29, 0.717) is 18.3 Å². The molecular formula is C9H16O3. The van der Waals surface area contributed by atoms with Crippen LogP contribution in [-0.4, -0.2) is 28.7 Å². The second-order valence-electron chi connectivity index (χ2n) is 4.03. The lowest BCUT2D eigenvalue weighted by molar-refractivity contribution is -0.177. The molecule has 0 aromatic carbocycles. The number of aliphatic hydroxyl groups is 2. The molecule has 0 bridgehead atoms. The van der Waals surface area contributed by atoms with Crippen molar-refractivity contribution in [1.82, 2.24) is 0 Å². The fourth-order valence-electron chi connectivity index (χ4n) is 2.46. The van der Waals surface area contributed by atoms with Gasteiger partial charge in [0.05, 0.1) is 12.2 Å². The Bertz CT molecular complexity index is 169. The van der Waals surface area contributed by atoms with Gasteiger partial charge in [-0.2, -0.15) is 0 Å². The van der Waals surface area contributed by atoms with Crippen LogP contribution in [0.2, 0.25) is 0 Å². The zero-order valence-electron chi connectivity index (χ0n) is 7.31. The Labute approximate surface area is 72.3 Å². The highest BCUT2D eigenvalue weighted by atomic mass is 16.6. The molecule has 1 unspecified atom stereocenters. The molecule has 2 N–H and O–H groups in total. The molecule has 3 heteroatoms. The summed E-state index contributed by atoms with van der Waals surface area (Å²) in [6.45, 7) is 2.07. The minimum absolute atomic E-state index is 0.0961. The summed E-state index contributed by atoms with van der Waals surface area (Å²) in [5.74, 6) is 0.797. The van der Waals surface area contributed by atoms with Crippen LogP contribution in [0.3, 0.4) is 0 Å². The predicted octanol–water partition coefficient (Wildman–Crippen LogP) is 0.501. The van der Waals surface area contributed by atoms with Crippen LogP contribution in [0.5, 0.6) is 0 Å². The van der Waals surface area contributed by atoms with E-state index in [1.54, 1.807) is 0 Å². The van der Waals surface area contributed by atoms with Crippen LogP contribution >= 0.6 is 0 Å². The number of ether oxygens (including phenoxy) is 1. The van der Waals surface area contributed by atoms with Crippen molar-refractivity contribution in [2.75, 3.05) is 0 Å². The summed E-state index contributed by atoms with van der Waals surface area (Å²) in [4.78, 5) is 0. The first-order valence-electron chi connectivity index (χ1n) is 4.70. The lowest BCUT2D eigenvalue weighted by Gasteiger charge is -2.31. The molecule has 1 heterocycles. The van der Waals surface area contributed by atoms with E-state index in [1.165, 1.54) is 0 Å². The van der Waals surface area contributed by atoms with E-state index >= 15 is 0 Å². The Morgan fingerprint density at radius 2 is 2.00 bits per heavy atom. The summed E-state index contributed by atoms with van der Waals surface area (Å²) < 4.78 is 5.35. The van der Waals surface area contributed by atoms with Gasteiger partial charge in [0.1, 0.15) is 0 Å². The van der Waals surface area contributed by atoms with Gasteiger partial charge in [-0.3, -0.25) is 0 Å². The van der Waals surface area contributed by atoms with Gasteiger partial charge in [0.15, 0.2) is 6.29 Å². The molecule has 2 rings (SSSR count). The van der Waals surface area contributed by atoms with Crippen LogP contribution in [0, 0.1) is 11.8 Å². The first kappa shape index (κ1) is 8.48. The third-order valence-electron chi connectivity index (χ3n) is 3.31. The van der Waals surface area contributed by atoms with Crippen molar-refractivity contribution >= 4 is 0 Å². The standard InChI is InChI=1S/C9H16O3/c1-5-6-2-3-9(11)12-8(6)4-7(5)10/h5-11H,2-4H2,1H3/t5-,6-,7-,8+,9?/m1/s1. The van der Waals surface area contributed by atoms with Crippen molar-refractivity contribution in [1.29, 1.82) is 0 Å². The Morgan fingerprint density at radius 3 is 2.75 bits per heavy atom. The smallest absolute Gasteiger partial charge is 0.154 e. The highest BCUT2D eigenvalue weighted by molar-refractivity contribution is 4.91. The van der Waals surface area contributed by atoms with Crippen LogP contribution in [-0.2, 0) is 4.74 Å². The van der Waals surface area contributed by atoms with Crippen LogP contribution in [0.4, 0.5) is 0 Å². The SMILES string of the molecule is C[C@@H]1[C@H]2CCC(O)O[C@H]2C[C@H]1O. The van der Waals surface area contributed by atoms with Crippen LogP contribution in [0.1, 0.15) is 26.2 Å². The Hall–Kier alpha value is -0.120. The third kappa shape index (κ3) is 1.26. The molecule has 2 aliphatic rings. The van der Waals surface area contributed by atoms with Gasteiger partial charge in [0, 0.05) is 6.42 Å². The van der Waals surface area contributed by atoms with E-state index < -0.39 is 6.29 Å². The molecule has 1 aliphatic heterocycles. The Balaban J connectivity index is 2.04. The fourth-order valence-corrected chi connectivity index (χ4v) is 2.46. The highest BCUT2D eigenvalue weighted by Crippen LogP contribution is 2.40. The van der Waals surface area contributed by atoms with Crippen LogP contribution in [0.15, 0.2) is 0 Å². The number of aliphatic hydroxyl groups excluding tert-OH is 2. The summed E-state index contributed by atoms with van der Waals surface area (Å²) >= 11 is 0. The van der Waals surface area contributed by atoms with E-state index in [0.717, 1.165) is 12.8 Å². The Morgan fingerprint density at radius 1 is 1.25 bits per heavy atom. The number of hydrogen-bond donors (Lipinski definition) is 2. The van der Waals surface area contributed by atoms with Crippen molar-refractivity contribution in [2.45, 2.75) is 44.7 Å². The van der Waals surface area contributed by atoms with Crippen molar-refractivity contribution in [2.24, 2.45) is 11.8 Å². The lowest BCUT2D eigenvalue weighted by atomic mass is 9.89. The summed E-state index contributed by atoms with van der Waals surface area (Å²) in [7, 11) is 0. The molecule has 1 aliphatic carbocycles. The van der Waals surface area contributed by atoms with Crippen LogP contribution < -0.4 is 0 Å². The normalized spacial score (nSPS) is 53.8. The van der Waals surface area contributed by atoms with Gasteiger partial charge < -0.3 is 14.9 Å². The van der Waals surface area contributed by atoms with Crippen molar-refractivity contribution < 1.29 is 14.9 Å². The third-order valence-corrected chi connectivity index (χ3v) is 3.31. The first-order chi connectivity index (χ1) is 5.68. The van der Waals surface area contributed by atoms with Gasteiger partial charge in [-0.05, 0) is 24.7 Å². The maximum Gasteiger partial charge on any atom is 0.154 e. The van der Waals surface area contributed by atoms with E-state index in [1.807, 2.05) is 0 Å². The van der Waals surface area contributed by atoms with E-state index in [4.69, 9.17) is 4.74 Å². The molecular weight excluding hydrogens is 156 g/mol. The number of rotatable bonds is 0. The first-order valence-corrected chi connectivity index (χ1v) is 4.70. The van der Waals surface area contributed by atoms with E-state index in [2.05, 4.69) is 6.92 Å². The maximum absolute atomic E-state index is 9.55. The average molecular weight is 172 g/mol. The minimum atomic E-state index is -0.594. The van der Waals surface area contributed by atoms with Crippen molar-refractivity contribution in [3.8, 4) is 0 Å². The van der Waals surface area contributed by atoms with Crippen molar-refractivity contribution in [3.05, 3.63) is 0 Å². The number of hydrogen-bond acceptors (Lipinski definition) is 3. The molecule has 3 nitrogen and oxygen atoms in total. The monoisotopic (exact) mass is 172 g/mol. The van der Waals surface area contributed by atoms with Crippen LogP contribution in [0.25, 0.3) is 0 Å². The molecule has 70 valence electrons. The van der Waals surface area contributed by atoms with E-state index in [9.17, 15) is 10.2 Å².